The number of carbonyl (C=O) groups excluding carboxylic acids is 1. The summed E-state index contributed by atoms with van der Waals surface area (Å²) < 4.78 is 0. The quantitative estimate of drug-likeness (QED) is 0.808. The van der Waals surface area contributed by atoms with Crippen LogP contribution in [0.2, 0.25) is 0 Å². The molecule has 2 aliphatic heterocycles. The molecule has 1 amide bonds. The summed E-state index contributed by atoms with van der Waals surface area (Å²) in [6, 6.07) is 1.72. The van der Waals surface area contributed by atoms with Crippen LogP contribution in [-0.4, -0.2) is 42.0 Å². The first-order chi connectivity index (χ1) is 9.50. The van der Waals surface area contributed by atoms with Crippen LogP contribution in [0.4, 0.5) is 0 Å². The SMILES string of the molecule is CN1C2CCCC1CC(NC(=O)C1(C)CCCC1N)C2. The summed E-state index contributed by atoms with van der Waals surface area (Å²) in [6.07, 6.45) is 9.18. The zero-order chi connectivity index (χ0) is 14.3. The highest BCUT2D eigenvalue weighted by molar-refractivity contribution is 5.83. The number of hydrogen-bond acceptors (Lipinski definition) is 3. The van der Waals surface area contributed by atoms with Crippen molar-refractivity contribution >= 4 is 5.91 Å². The topological polar surface area (TPSA) is 58.4 Å². The van der Waals surface area contributed by atoms with Gasteiger partial charge >= 0.3 is 0 Å². The van der Waals surface area contributed by atoms with E-state index in [1.54, 1.807) is 0 Å². The zero-order valence-corrected chi connectivity index (χ0v) is 12.9. The van der Waals surface area contributed by atoms with Crippen molar-refractivity contribution in [1.29, 1.82) is 0 Å². The summed E-state index contributed by atoms with van der Waals surface area (Å²) in [4.78, 5) is 15.2. The van der Waals surface area contributed by atoms with Crippen LogP contribution in [0.1, 0.15) is 58.3 Å². The van der Waals surface area contributed by atoms with Crippen molar-refractivity contribution < 1.29 is 4.79 Å². The van der Waals surface area contributed by atoms with Gasteiger partial charge in [0.05, 0.1) is 5.41 Å². The number of fused-ring (bicyclic) bond motifs is 2. The number of carbonyl (C=O) groups is 1. The molecule has 2 heterocycles. The molecule has 4 unspecified atom stereocenters. The van der Waals surface area contributed by atoms with Gasteiger partial charge in [-0.05, 0) is 52.5 Å². The summed E-state index contributed by atoms with van der Waals surface area (Å²) in [5.41, 5.74) is 5.83. The lowest BCUT2D eigenvalue weighted by molar-refractivity contribution is -0.132. The zero-order valence-electron chi connectivity index (χ0n) is 12.9. The normalized spacial score (nSPS) is 45.4. The van der Waals surface area contributed by atoms with Gasteiger partial charge in [-0.15, -0.1) is 0 Å². The summed E-state index contributed by atoms with van der Waals surface area (Å²) in [7, 11) is 2.25. The van der Waals surface area contributed by atoms with Gasteiger partial charge in [0.15, 0.2) is 0 Å². The fourth-order valence-electron chi connectivity index (χ4n) is 4.56. The van der Waals surface area contributed by atoms with Gasteiger partial charge in [-0.25, -0.2) is 0 Å². The van der Waals surface area contributed by atoms with Crippen molar-refractivity contribution in [3.63, 3.8) is 0 Å². The summed E-state index contributed by atoms with van der Waals surface area (Å²) >= 11 is 0. The van der Waals surface area contributed by atoms with Gasteiger partial charge in [0.2, 0.25) is 5.91 Å². The maximum absolute atomic E-state index is 12.6. The molecule has 2 saturated heterocycles. The average molecular weight is 279 g/mol. The van der Waals surface area contributed by atoms with Crippen molar-refractivity contribution in [3.05, 3.63) is 0 Å². The number of rotatable bonds is 2. The van der Waals surface area contributed by atoms with Gasteiger partial charge in [-0.1, -0.05) is 12.8 Å². The molecule has 0 radical (unpaired) electrons. The van der Waals surface area contributed by atoms with Crippen molar-refractivity contribution in [2.75, 3.05) is 7.05 Å². The first-order valence-electron chi connectivity index (χ1n) is 8.29. The van der Waals surface area contributed by atoms with E-state index >= 15 is 0 Å². The number of nitrogens with zero attached hydrogens (tertiary/aromatic N) is 1. The Morgan fingerprint density at radius 1 is 1.20 bits per heavy atom. The van der Waals surface area contributed by atoms with Crippen molar-refractivity contribution in [3.8, 4) is 0 Å². The van der Waals surface area contributed by atoms with E-state index < -0.39 is 0 Å². The second kappa shape index (κ2) is 5.30. The van der Waals surface area contributed by atoms with Gasteiger partial charge in [0.25, 0.3) is 0 Å². The van der Waals surface area contributed by atoms with Crippen LogP contribution in [-0.2, 0) is 4.79 Å². The minimum Gasteiger partial charge on any atom is -0.353 e. The van der Waals surface area contributed by atoms with E-state index in [0.717, 1.165) is 32.1 Å². The molecule has 4 heteroatoms. The van der Waals surface area contributed by atoms with E-state index in [4.69, 9.17) is 5.73 Å². The Hall–Kier alpha value is -0.610. The van der Waals surface area contributed by atoms with E-state index in [1.165, 1.54) is 19.3 Å². The van der Waals surface area contributed by atoms with Crippen LogP contribution in [0.25, 0.3) is 0 Å². The van der Waals surface area contributed by atoms with E-state index in [9.17, 15) is 4.79 Å². The Balaban J connectivity index is 1.62. The maximum atomic E-state index is 12.6. The summed E-state index contributed by atoms with van der Waals surface area (Å²) in [5.74, 6) is 0.204. The third kappa shape index (κ3) is 2.37. The molecule has 4 nitrogen and oxygen atoms in total. The van der Waals surface area contributed by atoms with Crippen LogP contribution in [0.15, 0.2) is 0 Å². The Morgan fingerprint density at radius 2 is 1.85 bits per heavy atom. The maximum Gasteiger partial charge on any atom is 0.227 e. The molecular weight excluding hydrogens is 250 g/mol. The molecule has 3 aliphatic rings. The fourth-order valence-corrected chi connectivity index (χ4v) is 4.56. The number of piperidine rings is 2. The molecule has 1 saturated carbocycles. The molecule has 3 fully saturated rings. The highest BCUT2D eigenvalue weighted by atomic mass is 16.2. The molecule has 20 heavy (non-hydrogen) atoms. The molecule has 0 spiro atoms. The van der Waals surface area contributed by atoms with Gasteiger partial charge in [0, 0.05) is 24.2 Å². The Labute approximate surface area is 122 Å². The second-order valence-corrected chi connectivity index (χ2v) is 7.46. The largest absolute Gasteiger partial charge is 0.353 e. The van der Waals surface area contributed by atoms with Gasteiger partial charge in [0.1, 0.15) is 0 Å². The third-order valence-electron chi connectivity index (χ3n) is 6.22. The lowest BCUT2D eigenvalue weighted by Crippen LogP contribution is -2.57. The lowest BCUT2D eigenvalue weighted by atomic mass is 9.80. The van der Waals surface area contributed by atoms with Crippen molar-refractivity contribution in [2.45, 2.75) is 82.5 Å². The molecule has 0 aromatic carbocycles. The van der Waals surface area contributed by atoms with E-state index in [2.05, 4.69) is 24.2 Å². The van der Waals surface area contributed by atoms with Crippen LogP contribution < -0.4 is 11.1 Å². The molecule has 4 atom stereocenters. The lowest BCUT2D eigenvalue weighted by Gasteiger charge is -2.47. The Bertz CT molecular complexity index is 372. The first kappa shape index (κ1) is 14.3. The second-order valence-electron chi connectivity index (χ2n) is 7.46. The molecule has 2 bridgehead atoms. The molecule has 1 aliphatic carbocycles. The molecule has 3 rings (SSSR count). The Kier molecular flexibility index (Phi) is 3.80. The van der Waals surface area contributed by atoms with Gasteiger partial charge < -0.3 is 16.0 Å². The molecule has 0 aromatic heterocycles. The summed E-state index contributed by atoms with van der Waals surface area (Å²) in [5, 5.41) is 3.34. The van der Waals surface area contributed by atoms with Crippen molar-refractivity contribution in [1.82, 2.24) is 10.2 Å². The monoisotopic (exact) mass is 279 g/mol. The summed E-state index contributed by atoms with van der Waals surface area (Å²) in [6.45, 7) is 2.05. The van der Waals surface area contributed by atoms with Gasteiger partial charge in [-0.3, -0.25) is 4.79 Å². The van der Waals surface area contributed by atoms with Crippen molar-refractivity contribution in [2.24, 2.45) is 11.1 Å². The van der Waals surface area contributed by atoms with Crippen LogP contribution in [0.3, 0.4) is 0 Å². The highest BCUT2D eigenvalue weighted by Crippen LogP contribution is 2.38. The molecule has 0 aromatic rings. The predicted molar refractivity (Wildman–Crippen MR) is 80.3 cm³/mol. The predicted octanol–water partition coefficient (Wildman–Crippen LogP) is 1.64. The number of nitrogens with two attached hydrogens (primary N) is 1. The smallest absolute Gasteiger partial charge is 0.227 e. The van der Waals surface area contributed by atoms with Crippen LogP contribution in [0, 0.1) is 5.41 Å². The van der Waals surface area contributed by atoms with Gasteiger partial charge in [-0.2, -0.15) is 0 Å². The minimum atomic E-state index is -0.335. The average Bonchev–Trinajstić information content (AvgIpc) is 2.72. The molecule has 114 valence electrons. The number of hydrogen-bond donors (Lipinski definition) is 2. The van der Waals surface area contributed by atoms with E-state index in [0.29, 0.717) is 18.1 Å². The molecule has 3 N–H and O–H groups in total. The third-order valence-corrected chi connectivity index (χ3v) is 6.22. The van der Waals surface area contributed by atoms with E-state index in [1.807, 2.05) is 0 Å². The fraction of sp³-hybridized carbons (Fsp3) is 0.938. The number of amides is 1. The minimum absolute atomic E-state index is 0.0354. The Morgan fingerprint density at radius 3 is 2.40 bits per heavy atom. The van der Waals surface area contributed by atoms with E-state index in [-0.39, 0.29) is 17.4 Å². The number of nitrogens with one attached hydrogen (secondary N) is 1. The molecular formula is C16H29N3O. The highest BCUT2D eigenvalue weighted by Gasteiger charge is 2.44. The van der Waals surface area contributed by atoms with Crippen LogP contribution in [0.5, 0.6) is 0 Å². The first-order valence-corrected chi connectivity index (χ1v) is 8.29. The standard InChI is InChI=1S/C16H29N3O/c1-16(8-4-7-14(16)17)15(20)18-11-9-12-5-3-6-13(10-11)19(12)2/h11-14H,3-10,17H2,1-2H3,(H,18,20). The van der Waals surface area contributed by atoms with Crippen LogP contribution >= 0.6 is 0 Å².